The highest BCUT2D eigenvalue weighted by Crippen LogP contribution is 2.29. The maximum absolute atomic E-state index is 11.6. The number of anilines is 1. The molecule has 8 heteroatoms. The summed E-state index contributed by atoms with van der Waals surface area (Å²) in [5.41, 5.74) is 0.268. The monoisotopic (exact) mass is 298 g/mol. The second-order valence-electron chi connectivity index (χ2n) is 4.50. The molecule has 0 bridgehead atoms. The Labute approximate surface area is 116 Å². The molecule has 1 aromatic rings. The van der Waals surface area contributed by atoms with Crippen LogP contribution in [0.5, 0.6) is 0 Å². The third-order valence-corrected chi connectivity index (χ3v) is 3.61. The number of nitrogens with one attached hydrogen (secondary N) is 1. The minimum atomic E-state index is -3.83. The van der Waals surface area contributed by atoms with Crippen molar-refractivity contribution in [3.05, 3.63) is 24.3 Å². The molecule has 0 aromatic heterocycles. The summed E-state index contributed by atoms with van der Waals surface area (Å²) in [5, 5.41) is 7.42. The standard InChI is InChI=1S/C12H14N2O5S/c13-20(17,18)10-3-1-2-9(6-10)14-11(15)7-19-12(16)8-4-5-8/h1-3,6,8H,4-5,7H2,(H,14,15)(H2,13,17,18). The number of carbonyl (C=O) groups excluding carboxylic acids is 2. The molecule has 0 atom stereocenters. The van der Waals surface area contributed by atoms with Crippen LogP contribution in [-0.4, -0.2) is 26.9 Å². The number of sulfonamides is 1. The number of primary sulfonamides is 1. The lowest BCUT2D eigenvalue weighted by atomic mass is 10.3. The molecule has 7 nitrogen and oxygen atoms in total. The van der Waals surface area contributed by atoms with E-state index in [1.807, 2.05) is 0 Å². The van der Waals surface area contributed by atoms with E-state index in [1.54, 1.807) is 0 Å². The van der Waals surface area contributed by atoms with Crippen molar-refractivity contribution in [2.75, 3.05) is 11.9 Å². The average molecular weight is 298 g/mol. The Hall–Kier alpha value is -1.93. The van der Waals surface area contributed by atoms with Gasteiger partial charge in [-0.05, 0) is 31.0 Å². The summed E-state index contributed by atoms with van der Waals surface area (Å²) < 4.78 is 27.1. The molecule has 0 saturated heterocycles. The van der Waals surface area contributed by atoms with E-state index in [0.29, 0.717) is 0 Å². The van der Waals surface area contributed by atoms with Crippen molar-refractivity contribution in [3.8, 4) is 0 Å². The lowest BCUT2D eigenvalue weighted by Gasteiger charge is -2.07. The third kappa shape index (κ3) is 4.04. The number of hydrogen-bond donors (Lipinski definition) is 2. The van der Waals surface area contributed by atoms with Crippen molar-refractivity contribution in [2.45, 2.75) is 17.7 Å². The minimum Gasteiger partial charge on any atom is -0.455 e. The van der Waals surface area contributed by atoms with Crippen LogP contribution in [0.1, 0.15) is 12.8 Å². The van der Waals surface area contributed by atoms with Crippen LogP contribution in [0.4, 0.5) is 5.69 Å². The molecule has 1 amide bonds. The second kappa shape index (κ2) is 5.59. The highest BCUT2D eigenvalue weighted by Gasteiger charge is 2.31. The van der Waals surface area contributed by atoms with Crippen LogP contribution in [0.25, 0.3) is 0 Å². The first-order chi connectivity index (χ1) is 9.36. The van der Waals surface area contributed by atoms with E-state index < -0.39 is 22.5 Å². The van der Waals surface area contributed by atoms with Gasteiger partial charge in [0.25, 0.3) is 5.91 Å². The first kappa shape index (κ1) is 14.5. The first-order valence-corrected chi connectivity index (χ1v) is 7.50. The van der Waals surface area contributed by atoms with Crippen molar-refractivity contribution in [1.29, 1.82) is 0 Å². The van der Waals surface area contributed by atoms with Gasteiger partial charge < -0.3 is 10.1 Å². The molecule has 2 rings (SSSR count). The molecule has 0 aliphatic heterocycles. The van der Waals surface area contributed by atoms with Crippen molar-refractivity contribution >= 4 is 27.6 Å². The Morgan fingerprint density at radius 3 is 2.65 bits per heavy atom. The third-order valence-electron chi connectivity index (χ3n) is 2.70. The number of carbonyl (C=O) groups is 2. The van der Waals surface area contributed by atoms with Gasteiger partial charge in [-0.25, -0.2) is 13.6 Å². The molecule has 0 radical (unpaired) electrons. The van der Waals surface area contributed by atoms with Crippen LogP contribution in [-0.2, 0) is 24.3 Å². The highest BCUT2D eigenvalue weighted by atomic mass is 32.2. The molecule has 1 saturated carbocycles. The Balaban J connectivity index is 1.92. The Morgan fingerprint density at radius 1 is 1.35 bits per heavy atom. The molecule has 1 aliphatic rings. The molecule has 1 aliphatic carbocycles. The highest BCUT2D eigenvalue weighted by molar-refractivity contribution is 7.89. The maximum atomic E-state index is 11.6. The minimum absolute atomic E-state index is 0.0755. The molecule has 108 valence electrons. The van der Waals surface area contributed by atoms with Gasteiger partial charge in [-0.15, -0.1) is 0 Å². The van der Waals surface area contributed by atoms with Crippen LogP contribution in [0.15, 0.2) is 29.2 Å². The predicted molar refractivity (Wildman–Crippen MR) is 70.1 cm³/mol. The fourth-order valence-electron chi connectivity index (χ4n) is 1.52. The van der Waals surface area contributed by atoms with Gasteiger partial charge in [0.2, 0.25) is 10.0 Å². The number of nitrogens with two attached hydrogens (primary N) is 1. The molecule has 1 aromatic carbocycles. The zero-order valence-electron chi connectivity index (χ0n) is 10.5. The topological polar surface area (TPSA) is 116 Å². The van der Waals surface area contributed by atoms with Gasteiger partial charge in [0.05, 0.1) is 10.8 Å². The van der Waals surface area contributed by atoms with E-state index in [2.05, 4.69) is 5.32 Å². The molecular formula is C12H14N2O5S. The summed E-state index contributed by atoms with van der Waals surface area (Å²) in [6.45, 7) is -0.394. The maximum Gasteiger partial charge on any atom is 0.309 e. The quantitative estimate of drug-likeness (QED) is 0.755. The van der Waals surface area contributed by atoms with Gasteiger partial charge in [-0.2, -0.15) is 0 Å². The second-order valence-corrected chi connectivity index (χ2v) is 6.06. The van der Waals surface area contributed by atoms with E-state index in [-0.39, 0.29) is 22.5 Å². The number of esters is 1. The lowest BCUT2D eigenvalue weighted by Crippen LogP contribution is -2.21. The molecule has 3 N–H and O–H groups in total. The fourth-order valence-corrected chi connectivity index (χ4v) is 2.08. The first-order valence-electron chi connectivity index (χ1n) is 5.95. The summed E-state index contributed by atoms with van der Waals surface area (Å²) >= 11 is 0. The van der Waals surface area contributed by atoms with E-state index in [0.717, 1.165) is 12.8 Å². The van der Waals surface area contributed by atoms with E-state index in [9.17, 15) is 18.0 Å². The van der Waals surface area contributed by atoms with Crippen molar-refractivity contribution in [1.82, 2.24) is 0 Å². The molecule has 0 heterocycles. The number of hydrogen-bond acceptors (Lipinski definition) is 5. The molecule has 0 unspecified atom stereocenters. The Morgan fingerprint density at radius 2 is 2.05 bits per heavy atom. The summed E-state index contributed by atoms with van der Waals surface area (Å²) in [6.07, 6.45) is 1.60. The van der Waals surface area contributed by atoms with Crippen LogP contribution < -0.4 is 10.5 Å². The number of amides is 1. The van der Waals surface area contributed by atoms with Gasteiger partial charge >= 0.3 is 5.97 Å². The largest absolute Gasteiger partial charge is 0.455 e. The zero-order valence-corrected chi connectivity index (χ0v) is 11.4. The van der Waals surface area contributed by atoms with E-state index >= 15 is 0 Å². The molecular weight excluding hydrogens is 284 g/mol. The summed E-state index contributed by atoms with van der Waals surface area (Å²) in [6, 6.07) is 5.51. The van der Waals surface area contributed by atoms with Gasteiger partial charge in [0.1, 0.15) is 0 Å². The normalized spacial score (nSPS) is 14.7. The van der Waals surface area contributed by atoms with E-state index in [1.165, 1.54) is 24.3 Å². The van der Waals surface area contributed by atoms with Gasteiger partial charge in [0, 0.05) is 5.69 Å². The van der Waals surface area contributed by atoms with Gasteiger partial charge in [-0.1, -0.05) is 6.07 Å². The van der Waals surface area contributed by atoms with Crippen molar-refractivity contribution in [2.24, 2.45) is 11.1 Å². The van der Waals surface area contributed by atoms with Crippen LogP contribution in [0.3, 0.4) is 0 Å². The molecule has 1 fully saturated rings. The average Bonchev–Trinajstić information content (AvgIpc) is 3.19. The predicted octanol–water partition coefficient (Wildman–Crippen LogP) is 0.226. The lowest BCUT2D eigenvalue weighted by molar-refractivity contribution is -0.148. The van der Waals surface area contributed by atoms with Gasteiger partial charge in [-0.3, -0.25) is 9.59 Å². The van der Waals surface area contributed by atoms with Crippen LogP contribution >= 0.6 is 0 Å². The number of ether oxygens (including phenoxy) is 1. The number of benzene rings is 1. The van der Waals surface area contributed by atoms with Crippen molar-refractivity contribution in [3.63, 3.8) is 0 Å². The van der Waals surface area contributed by atoms with Crippen LogP contribution in [0, 0.1) is 5.92 Å². The summed E-state index contributed by atoms with van der Waals surface area (Å²) in [4.78, 5) is 22.7. The van der Waals surface area contributed by atoms with Crippen molar-refractivity contribution < 1.29 is 22.7 Å². The molecule has 0 spiro atoms. The smallest absolute Gasteiger partial charge is 0.309 e. The molecule has 20 heavy (non-hydrogen) atoms. The fraction of sp³-hybridized carbons (Fsp3) is 0.333. The Kier molecular flexibility index (Phi) is 4.05. The Bertz CT molecular complexity index is 637. The zero-order chi connectivity index (χ0) is 14.8. The van der Waals surface area contributed by atoms with E-state index in [4.69, 9.17) is 9.88 Å². The van der Waals surface area contributed by atoms with Crippen LogP contribution in [0.2, 0.25) is 0 Å². The van der Waals surface area contributed by atoms with Gasteiger partial charge in [0.15, 0.2) is 6.61 Å². The summed E-state index contributed by atoms with van der Waals surface area (Å²) in [5.74, 6) is -0.988. The SMILES string of the molecule is NS(=O)(=O)c1cccc(NC(=O)COC(=O)C2CC2)c1. The summed E-state index contributed by atoms with van der Waals surface area (Å²) in [7, 11) is -3.83. The number of rotatable bonds is 5.